The third kappa shape index (κ3) is 22.6. The summed E-state index contributed by atoms with van der Waals surface area (Å²) in [6.45, 7) is 2.11. The van der Waals surface area contributed by atoms with Crippen molar-refractivity contribution in [2.24, 2.45) is 0 Å². The third-order valence-corrected chi connectivity index (χ3v) is 7.13. The summed E-state index contributed by atoms with van der Waals surface area (Å²) in [7, 11) is 1.39. The first kappa shape index (κ1) is 34.7. The Morgan fingerprint density at radius 2 is 1.20 bits per heavy atom. The largest absolute Gasteiger partial charge is 0.472 e. The number of hydrogen-bond acceptors (Lipinski definition) is 6. The lowest BCUT2D eigenvalue weighted by molar-refractivity contribution is -0.870. The van der Waals surface area contributed by atoms with Crippen molar-refractivity contribution in [3.05, 3.63) is 0 Å². The fourth-order valence-electron chi connectivity index (χ4n) is 3.76. The van der Waals surface area contributed by atoms with E-state index in [2.05, 4.69) is 6.92 Å². The molecule has 0 spiro atoms. The van der Waals surface area contributed by atoms with Crippen LogP contribution in [0.3, 0.4) is 0 Å². The van der Waals surface area contributed by atoms with Gasteiger partial charge in [-0.1, -0.05) is 96.8 Å². The summed E-state index contributed by atoms with van der Waals surface area (Å²) in [6.07, 6.45) is 15.4. The van der Waals surface area contributed by atoms with E-state index < -0.39 is 32.4 Å². The summed E-state index contributed by atoms with van der Waals surface area (Å²) < 4.78 is 22.0. The molecular formula is C26H55NO7P+. The number of quaternary nitrogens is 1. The summed E-state index contributed by atoms with van der Waals surface area (Å²) >= 11 is 0. The first-order valence-corrected chi connectivity index (χ1v) is 15.3. The van der Waals surface area contributed by atoms with Crippen molar-refractivity contribution in [3.63, 3.8) is 0 Å². The van der Waals surface area contributed by atoms with Crippen LogP contribution in [0, 0.1) is 0 Å². The Balaban J connectivity index is 3.71. The van der Waals surface area contributed by atoms with Crippen LogP contribution < -0.4 is 0 Å². The molecule has 0 rings (SSSR count). The van der Waals surface area contributed by atoms with E-state index in [1.165, 1.54) is 70.6 Å². The third-order valence-electron chi connectivity index (χ3n) is 6.15. The lowest BCUT2D eigenvalue weighted by Gasteiger charge is -2.24. The van der Waals surface area contributed by atoms with E-state index in [0.29, 0.717) is 17.4 Å². The maximum absolute atomic E-state index is 12.1. The number of aliphatic hydroxyl groups is 2. The van der Waals surface area contributed by atoms with Gasteiger partial charge < -0.3 is 19.6 Å². The lowest BCUT2D eigenvalue weighted by atomic mass is 10.0. The zero-order chi connectivity index (χ0) is 26.6. The van der Waals surface area contributed by atoms with E-state index in [9.17, 15) is 24.5 Å². The molecule has 8 nitrogen and oxygen atoms in total. The van der Waals surface area contributed by atoms with E-state index in [-0.39, 0.29) is 13.0 Å². The molecule has 0 saturated carbocycles. The van der Waals surface area contributed by atoms with Gasteiger partial charge in [0.2, 0.25) is 0 Å². The van der Waals surface area contributed by atoms with Crippen molar-refractivity contribution in [1.29, 1.82) is 0 Å². The molecule has 0 aromatic carbocycles. The minimum atomic E-state index is -4.35. The Kier molecular flexibility index (Phi) is 20.5. The number of nitrogens with zero attached hydrogens (tertiary/aromatic N) is 1. The fraction of sp³-hybridized carbons (Fsp3) is 0.962. The average molecular weight is 525 g/mol. The van der Waals surface area contributed by atoms with Crippen molar-refractivity contribution < 1.29 is 38.0 Å². The highest BCUT2D eigenvalue weighted by Crippen LogP contribution is 2.43. The van der Waals surface area contributed by atoms with Gasteiger partial charge in [0, 0.05) is 6.42 Å². The van der Waals surface area contributed by atoms with Gasteiger partial charge in [-0.3, -0.25) is 13.8 Å². The quantitative estimate of drug-likeness (QED) is 0.0835. The van der Waals surface area contributed by atoms with Gasteiger partial charge in [0.25, 0.3) is 0 Å². The van der Waals surface area contributed by atoms with Crippen molar-refractivity contribution >= 4 is 13.6 Å². The Morgan fingerprint density at radius 1 is 0.771 bits per heavy atom. The minimum absolute atomic E-state index is 0.00799. The maximum atomic E-state index is 12.1. The summed E-state index contributed by atoms with van der Waals surface area (Å²) in [5.41, 5.74) is 0. The number of unbranched alkanes of at least 4 members (excludes halogenated alkanes) is 14. The maximum Gasteiger partial charge on any atom is 0.472 e. The highest BCUT2D eigenvalue weighted by Gasteiger charge is 2.29. The molecule has 0 aliphatic rings. The van der Waals surface area contributed by atoms with Crippen LogP contribution in [0.5, 0.6) is 0 Å². The Hall–Kier alpha value is -0.340. The Bertz CT molecular complexity index is 568. The number of phosphoric ester groups is 1. The predicted octanol–water partition coefficient (Wildman–Crippen LogP) is 5.38. The van der Waals surface area contributed by atoms with E-state index in [1.54, 1.807) is 0 Å². The van der Waals surface area contributed by atoms with Gasteiger partial charge in [0.05, 0.1) is 27.7 Å². The molecule has 0 fully saturated rings. The van der Waals surface area contributed by atoms with Gasteiger partial charge >= 0.3 is 7.82 Å². The molecule has 3 atom stereocenters. The van der Waals surface area contributed by atoms with Gasteiger partial charge in [0.15, 0.2) is 5.78 Å². The summed E-state index contributed by atoms with van der Waals surface area (Å²) in [4.78, 5) is 21.8. The van der Waals surface area contributed by atoms with Crippen molar-refractivity contribution in [2.45, 2.75) is 122 Å². The molecule has 3 N–H and O–H groups in total. The second-order valence-electron chi connectivity index (χ2n) is 10.8. The minimum Gasteiger partial charge on any atom is -0.388 e. The van der Waals surface area contributed by atoms with Gasteiger partial charge in [-0.15, -0.1) is 0 Å². The average Bonchev–Trinajstić information content (AvgIpc) is 2.78. The standard InChI is InChI=1S/C26H54NO7P/c1-5-6-7-8-9-10-11-12-13-14-15-16-17-18-19-20-24(28)26(30)25(29)23-34-35(31,32)33-22-21-27(2,3)4/h25-26,29-30H,5-23H2,1-4H3/p+1/t25-,26?/m0/s1. The number of aliphatic hydroxyl groups excluding tert-OH is 2. The molecule has 0 aromatic heterocycles. The first-order chi connectivity index (χ1) is 16.5. The van der Waals surface area contributed by atoms with Crippen molar-refractivity contribution in [3.8, 4) is 0 Å². The van der Waals surface area contributed by atoms with Crippen LogP contribution in [0.15, 0.2) is 0 Å². The normalized spacial score (nSPS) is 15.6. The zero-order valence-electron chi connectivity index (χ0n) is 23.0. The molecule has 0 radical (unpaired) electrons. The second-order valence-corrected chi connectivity index (χ2v) is 12.2. The van der Waals surface area contributed by atoms with E-state index in [4.69, 9.17) is 9.05 Å². The predicted molar refractivity (Wildman–Crippen MR) is 141 cm³/mol. The smallest absolute Gasteiger partial charge is 0.388 e. The van der Waals surface area contributed by atoms with Crippen LogP contribution in [-0.2, 0) is 18.4 Å². The SMILES string of the molecule is CCCCCCCCCCCCCCCCCC(=O)C(O)[C@@H](O)COP(=O)(O)OCC[N+](C)(C)C. The highest BCUT2D eigenvalue weighted by molar-refractivity contribution is 7.47. The van der Waals surface area contributed by atoms with Crippen LogP contribution >= 0.6 is 7.82 Å². The molecule has 0 heterocycles. The molecule has 0 aromatic rings. The van der Waals surface area contributed by atoms with Crippen LogP contribution in [0.4, 0.5) is 0 Å². The molecule has 0 aliphatic heterocycles. The topological polar surface area (TPSA) is 113 Å². The molecular weight excluding hydrogens is 469 g/mol. The Labute approximate surface area is 214 Å². The zero-order valence-corrected chi connectivity index (χ0v) is 23.9. The van der Waals surface area contributed by atoms with Crippen LogP contribution in [-0.4, -0.2) is 78.5 Å². The molecule has 0 amide bonds. The number of Topliss-reactive ketones (excluding diaryl/α,β-unsaturated/α-hetero) is 1. The van der Waals surface area contributed by atoms with Gasteiger partial charge in [-0.2, -0.15) is 0 Å². The molecule has 0 bridgehead atoms. The van der Waals surface area contributed by atoms with Gasteiger partial charge in [-0.25, -0.2) is 4.57 Å². The van der Waals surface area contributed by atoms with Gasteiger partial charge in [-0.05, 0) is 6.42 Å². The summed E-state index contributed by atoms with van der Waals surface area (Å²) in [5.74, 6) is -0.477. The van der Waals surface area contributed by atoms with E-state index in [1.807, 2.05) is 21.1 Å². The van der Waals surface area contributed by atoms with Crippen LogP contribution in [0.2, 0.25) is 0 Å². The molecule has 0 aliphatic carbocycles. The molecule has 210 valence electrons. The van der Waals surface area contributed by atoms with Gasteiger partial charge in [0.1, 0.15) is 25.4 Å². The summed E-state index contributed by atoms with van der Waals surface area (Å²) in [5, 5.41) is 19.9. The van der Waals surface area contributed by atoms with E-state index in [0.717, 1.165) is 19.3 Å². The van der Waals surface area contributed by atoms with Crippen molar-refractivity contribution in [2.75, 3.05) is 40.9 Å². The molecule has 2 unspecified atom stereocenters. The Morgan fingerprint density at radius 3 is 1.63 bits per heavy atom. The lowest BCUT2D eigenvalue weighted by Crippen LogP contribution is -2.38. The number of rotatable bonds is 25. The second kappa shape index (κ2) is 20.7. The molecule has 9 heteroatoms. The number of phosphoric acid groups is 1. The molecule has 35 heavy (non-hydrogen) atoms. The van der Waals surface area contributed by atoms with Crippen molar-refractivity contribution in [1.82, 2.24) is 0 Å². The monoisotopic (exact) mass is 524 g/mol. The van der Waals surface area contributed by atoms with E-state index >= 15 is 0 Å². The fourth-order valence-corrected chi connectivity index (χ4v) is 4.49. The first-order valence-electron chi connectivity index (χ1n) is 13.8. The van der Waals surface area contributed by atoms with Crippen LogP contribution in [0.25, 0.3) is 0 Å². The molecule has 0 saturated heterocycles. The number of hydrogen-bond donors (Lipinski definition) is 3. The number of likely N-dealkylation sites (N-methyl/N-ethyl adjacent to an activating group) is 1. The highest BCUT2D eigenvalue weighted by atomic mass is 31.2. The number of carbonyl (C=O) groups is 1. The number of ketones is 1. The van der Waals surface area contributed by atoms with Crippen LogP contribution in [0.1, 0.15) is 110 Å². The summed E-state index contributed by atoms with van der Waals surface area (Å²) in [6, 6.07) is 0. The number of carbonyl (C=O) groups excluding carboxylic acids is 1.